The Morgan fingerprint density at radius 1 is 1.20 bits per heavy atom. The van der Waals surface area contributed by atoms with Gasteiger partial charge < -0.3 is 9.47 Å². The van der Waals surface area contributed by atoms with E-state index in [2.05, 4.69) is 15.6 Å². The molecule has 0 saturated carbocycles. The molecule has 0 bridgehead atoms. The summed E-state index contributed by atoms with van der Waals surface area (Å²) in [6.45, 7) is 5.35. The van der Waals surface area contributed by atoms with E-state index in [9.17, 15) is 14.9 Å². The maximum atomic E-state index is 12.2. The second kappa shape index (κ2) is 11.7. The molecule has 10 nitrogen and oxygen atoms in total. The fraction of sp³-hybridized carbons (Fsp3) is 0.261. The number of aryl methyl sites for hydroxylation is 1. The predicted octanol–water partition coefficient (Wildman–Crippen LogP) is 4.84. The lowest BCUT2D eigenvalue weighted by atomic mass is 10.2. The Labute approximate surface area is 211 Å². The quantitative estimate of drug-likeness (QED) is 0.232. The maximum absolute atomic E-state index is 12.2. The van der Waals surface area contributed by atoms with E-state index < -0.39 is 10.8 Å². The lowest BCUT2D eigenvalue weighted by Gasteiger charge is -2.13. The molecule has 0 fully saturated rings. The Kier molecular flexibility index (Phi) is 8.67. The SMILES string of the molecule is CCOc1cc(C=NNC(=O)Cn2nc(C)c([N+](=O)[O-])c2C)ccc1OCc1ccc(Cl)cc1Cl. The number of nitrogens with one attached hydrogen (secondary N) is 1. The summed E-state index contributed by atoms with van der Waals surface area (Å²) in [4.78, 5) is 22.8. The standard InChI is InChI=1S/C23H23Cl2N5O5/c1-4-34-21-9-16(5-8-20(21)35-13-17-6-7-18(24)10-19(17)25)11-26-27-22(31)12-29-15(3)23(30(32)33)14(2)28-29/h5-11H,4,12-13H2,1-3H3,(H,27,31). The summed E-state index contributed by atoms with van der Waals surface area (Å²) in [6, 6.07) is 10.4. The first-order valence-electron chi connectivity index (χ1n) is 10.5. The first-order chi connectivity index (χ1) is 16.7. The van der Waals surface area contributed by atoms with Gasteiger partial charge in [-0.3, -0.25) is 19.6 Å². The van der Waals surface area contributed by atoms with Crippen LogP contribution in [0, 0.1) is 24.0 Å². The average molecular weight is 520 g/mol. The molecular weight excluding hydrogens is 497 g/mol. The minimum absolute atomic E-state index is 0.106. The highest BCUT2D eigenvalue weighted by Gasteiger charge is 2.22. The molecule has 3 aromatic rings. The van der Waals surface area contributed by atoms with Crippen LogP contribution in [0.1, 0.15) is 29.4 Å². The molecule has 2 aromatic carbocycles. The summed E-state index contributed by atoms with van der Waals surface area (Å²) < 4.78 is 12.8. The molecule has 0 spiro atoms. The molecule has 3 rings (SSSR count). The van der Waals surface area contributed by atoms with Crippen molar-refractivity contribution in [1.82, 2.24) is 15.2 Å². The van der Waals surface area contributed by atoms with Crippen molar-refractivity contribution in [2.24, 2.45) is 5.10 Å². The van der Waals surface area contributed by atoms with Crippen molar-refractivity contribution in [3.8, 4) is 11.5 Å². The Morgan fingerprint density at radius 3 is 2.63 bits per heavy atom. The third-order valence-corrected chi connectivity index (χ3v) is 5.47. The van der Waals surface area contributed by atoms with E-state index in [4.69, 9.17) is 32.7 Å². The van der Waals surface area contributed by atoms with Crippen molar-refractivity contribution in [3.05, 3.63) is 79.1 Å². The summed E-state index contributed by atoms with van der Waals surface area (Å²) in [5.74, 6) is 0.541. The first-order valence-corrected chi connectivity index (χ1v) is 11.3. The van der Waals surface area contributed by atoms with Gasteiger partial charge in [0.05, 0.1) is 17.7 Å². The number of nitro groups is 1. The minimum Gasteiger partial charge on any atom is -0.490 e. The van der Waals surface area contributed by atoms with Gasteiger partial charge in [0.25, 0.3) is 5.91 Å². The van der Waals surface area contributed by atoms with Gasteiger partial charge in [-0.15, -0.1) is 0 Å². The largest absolute Gasteiger partial charge is 0.490 e. The Morgan fingerprint density at radius 2 is 1.97 bits per heavy atom. The molecule has 0 atom stereocenters. The van der Waals surface area contributed by atoms with Crippen LogP contribution in [-0.2, 0) is 17.9 Å². The highest BCUT2D eigenvalue weighted by Crippen LogP contribution is 2.30. The van der Waals surface area contributed by atoms with Crippen LogP contribution < -0.4 is 14.9 Å². The zero-order valence-corrected chi connectivity index (χ0v) is 20.8. The van der Waals surface area contributed by atoms with Gasteiger partial charge in [-0.25, -0.2) is 5.43 Å². The molecule has 35 heavy (non-hydrogen) atoms. The Hall–Kier alpha value is -3.63. The number of carbonyl (C=O) groups excluding carboxylic acids is 1. The van der Waals surface area contributed by atoms with E-state index >= 15 is 0 Å². The number of hydrazone groups is 1. The average Bonchev–Trinajstić information content (AvgIpc) is 3.07. The van der Waals surface area contributed by atoms with E-state index in [1.165, 1.54) is 24.7 Å². The summed E-state index contributed by atoms with van der Waals surface area (Å²) in [7, 11) is 0. The number of benzene rings is 2. The molecule has 0 saturated heterocycles. The third kappa shape index (κ3) is 6.71. The van der Waals surface area contributed by atoms with Crippen molar-refractivity contribution in [2.45, 2.75) is 33.9 Å². The zero-order valence-electron chi connectivity index (χ0n) is 19.2. The normalized spacial score (nSPS) is 11.0. The number of hydrogen-bond donors (Lipinski definition) is 1. The van der Waals surface area contributed by atoms with E-state index in [-0.39, 0.29) is 24.5 Å². The van der Waals surface area contributed by atoms with Gasteiger partial charge in [0, 0.05) is 15.6 Å². The lowest BCUT2D eigenvalue weighted by Crippen LogP contribution is -2.24. The highest BCUT2D eigenvalue weighted by atomic mass is 35.5. The molecule has 12 heteroatoms. The number of aromatic nitrogens is 2. The van der Waals surface area contributed by atoms with Crippen LogP contribution in [0.15, 0.2) is 41.5 Å². The predicted molar refractivity (Wildman–Crippen MR) is 132 cm³/mol. The van der Waals surface area contributed by atoms with Gasteiger partial charge in [-0.1, -0.05) is 29.3 Å². The lowest BCUT2D eigenvalue weighted by molar-refractivity contribution is -0.386. The van der Waals surface area contributed by atoms with Gasteiger partial charge in [0.15, 0.2) is 11.5 Å². The number of rotatable bonds is 10. The van der Waals surface area contributed by atoms with Crippen molar-refractivity contribution in [1.29, 1.82) is 0 Å². The van der Waals surface area contributed by atoms with Crippen LogP contribution in [0.2, 0.25) is 10.0 Å². The number of halogens is 2. The molecule has 0 radical (unpaired) electrons. The van der Waals surface area contributed by atoms with E-state index in [0.29, 0.717) is 39.4 Å². The van der Waals surface area contributed by atoms with Crippen LogP contribution in [0.25, 0.3) is 0 Å². The van der Waals surface area contributed by atoms with Gasteiger partial charge in [-0.05, 0) is 56.7 Å². The molecule has 0 aliphatic heterocycles. The summed E-state index contributed by atoms with van der Waals surface area (Å²) in [5.41, 5.74) is 4.26. The van der Waals surface area contributed by atoms with Crippen LogP contribution in [0.5, 0.6) is 11.5 Å². The molecule has 0 aliphatic rings. The molecule has 0 aliphatic carbocycles. The topological polar surface area (TPSA) is 121 Å². The number of hydrogen-bond acceptors (Lipinski definition) is 7. The third-order valence-electron chi connectivity index (χ3n) is 4.89. The summed E-state index contributed by atoms with van der Waals surface area (Å²) in [6.07, 6.45) is 1.45. The maximum Gasteiger partial charge on any atom is 0.312 e. The molecule has 0 unspecified atom stereocenters. The molecule has 1 heterocycles. The van der Waals surface area contributed by atoms with Crippen molar-refractivity contribution in [3.63, 3.8) is 0 Å². The van der Waals surface area contributed by atoms with Crippen molar-refractivity contribution < 1.29 is 19.2 Å². The van der Waals surface area contributed by atoms with E-state index in [1.54, 1.807) is 36.4 Å². The fourth-order valence-corrected chi connectivity index (χ4v) is 3.71. The van der Waals surface area contributed by atoms with Gasteiger partial charge in [0.2, 0.25) is 0 Å². The Balaban J connectivity index is 1.64. The minimum atomic E-state index is -0.516. The monoisotopic (exact) mass is 519 g/mol. The second-order valence-corrected chi connectivity index (χ2v) is 8.23. The van der Waals surface area contributed by atoms with Crippen LogP contribution in [0.4, 0.5) is 5.69 Å². The van der Waals surface area contributed by atoms with Crippen LogP contribution in [-0.4, -0.2) is 33.4 Å². The summed E-state index contributed by atoms with van der Waals surface area (Å²) >= 11 is 12.1. The smallest absolute Gasteiger partial charge is 0.312 e. The van der Waals surface area contributed by atoms with Crippen LogP contribution >= 0.6 is 23.2 Å². The van der Waals surface area contributed by atoms with Gasteiger partial charge in [-0.2, -0.15) is 10.2 Å². The molecule has 1 aromatic heterocycles. The van der Waals surface area contributed by atoms with Gasteiger partial charge in [0.1, 0.15) is 24.5 Å². The molecule has 184 valence electrons. The molecule has 1 N–H and O–H groups in total. The molecular formula is C23H23Cl2N5O5. The van der Waals surface area contributed by atoms with Crippen molar-refractivity contribution in [2.75, 3.05) is 6.61 Å². The highest BCUT2D eigenvalue weighted by molar-refractivity contribution is 6.35. The number of amides is 1. The summed E-state index contributed by atoms with van der Waals surface area (Å²) in [5, 5.41) is 20.1. The van der Waals surface area contributed by atoms with Crippen LogP contribution in [0.3, 0.4) is 0 Å². The second-order valence-electron chi connectivity index (χ2n) is 7.39. The van der Waals surface area contributed by atoms with Crippen molar-refractivity contribution >= 4 is 41.0 Å². The van der Waals surface area contributed by atoms with E-state index in [0.717, 1.165) is 5.56 Å². The van der Waals surface area contributed by atoms with Gasteiger partial charge >= 0.3 is 5.69 Å². The number of nitrogens with zero attached hydrogens (tertiary/aromatic N) is 4. The fourth-order valence-electron chi connectivity index (χ4n) is 3.24. The Bertz CT molecular complexity index is 1280. The first kappa shape index (κ1) is 26.0. The number of ether oxygens (including phenoxy) is 2. The molecule has 1 amide bonds. The zero-order chi connectivity index (χ0) is 25.5. The van der Waals surface area contributed by atoms with E-state index in [1.807, 2.05) is 6.92 Å². The number of carbonyl (C=O) groups is 1.